The fourth-order valence-corrected chi connectivity index (χ4v) is 4.22. The molecule has 2 heterocycles. The average molecular weight is 391 g/mol. The number of nitrogens with zero attached hydrogens (tertiary/aromatic N) is 3. The lowest BCUT2D eigenvalue weighted by Crippen LogP contribution is -2.14. The van der Waals surface area contributed by atoms with Gasteiger partial charge in [-0.2, -0.15) is 5.10 Å². The van der Waals surface area contributed by atoms with Crippen LogP contribution in [0.3, 0.4) is 0 Å². The van der Waals surface area contributed by atoms with Gasteiger partial charge >= 0.3 is 0 Å². The number of carbonyl (C=O) groups excluding carboxylic acids is 1. The fraction of sp³-hybridized carbons (Fsp3) is 0.227. The number of fused-ring (bicyclic) bond motifs is 1. The van der Waals surface area contributed by atoms with Gasteiger partial charge in [0.25, 0.3) is 5.91 Å². The number of thiazole rings is 1. The van der Waals surface area contributed by atoms with Crippen molar-refractivity contribution in [2.45, 2.75) is 34.2 Å². The molecule has 0 fully saturated rings. The summed E-state index contributed by atoms with van der Waals surface area (Å²) < 4.78 is 2.96. The Bertz CT molecular complexity index is 1170. The Kier molecular flexibility index (Phi) is 4.73. The number of rotatable bonds is 4. The van der Waals surface area contributed by atoms with Crippen LogP contribution in [0.25, 0.3) is 10.2 Å². The van der Waals surface area contributed by atoms with Crippen molar-refractivity contribution in [2.75, 3.05) is 5.32 Å². The minimum atomic E-state index is -0.134. The molecule has 5 nitrogen and oxygen atoms in total. The summed E-state index contributed by atoms with van der Waals surface area (Å²) in [6.07, 6.45) is 0. The van der Waals surface area contributed by atoms with Gasteiger partial charge < -0.3 is 5.32 Å². The summed E-state index contributed by atoms with van der Waals surface area (Å²) in [6, 6.07) is 14.2. The smallest absolute Gasteiger partial charge is 0.259 e. The highest BCUT2D eigenvalue weighted by Crippen LogP contribution is 2.25. The Hall–Kier alpha value is -2.99. The fourth-order valence-electron chi connectivity index (χ4n) is 3.36. The van der Waals surface area contributed by atoms with Crippen LogP contribution in [0.15, 0.2) is 42.5 Å². The minimum Gasteiger partial charge on any atom is -0.322 e. The lowest BCUT2D eigenvalue weighted by atomic mass is 10.1. The first-order valence-corrected chi connectivity index (χ1v) is 10.0. The Morgan fingerprint density at radius 3 is 2.57 bits per heavy atom. The van der Waals surface area contributed by atoms with E-state index in [0.29, 0.717) is 12.1 Å². The van der Waals surface area contributed by atoms with Gasteiger partial charge in [-0.15, -0.1) is 11.3 Å². The van der Waals surface area contributed by atoms with E-state index in [0.717, 1.165) is 37.9 Å². The van der Waals surface area contributed by atoms with Gasteiger partial charge in [-0.3, -0.25) is 9.48 Å². The van der Waals surface area contributed by atoms with Crippen LogP contribution < -0.4 is 5.32 Å². The quantitative estimate of drug-likeness (QED) is 0.532. The molecule has 0 aliphatic rings. The summed E-state index contributed by atoms with van der Waals surface area (Å²) in [5.41, 5.74) is 6.35. The highest BCUT2D eigenvalue weighted by Gasteiger charge is 2.19. The van der Waals surface area contributed by atoms with Gasteiger partial charge in [0.2, 0.25) is 0 Å². The molecule has 0 spiro atoms. The van der Waals surface area contributed by atoms with Gasteiger partial charge in [-0.05, 0) is 51.5 Å². The van der Waals surface area contributed by atoms with Crippen LogP contribution in [0.1, 0.15) is 37.9 Å². The van der Waals surface area contributed by atoms with Gasteiger partial charge in [0, 0.05) is 11.4 Å². The van der Waals surface area contributed by atoms with E-state index in [1.807, 2.05) is 43.7 Å². The van der Waals surface area contributed by atoms with Crippen molar-refractivity contribution in [3.05, 3.63) is 75.6 Å². The van der Waals surface area contributed by atoms with Crippen LogP contribution in [0.5, 0.6) is 0 Å². The van der Waals surface area contributed by atoms with Crippen LogP contribution in [-0.4, -0.2) is 20.7 Å². The second kappa shape index (κ2) is 7.20. The van der Waals surface area contributed by atoms with Crippen LogP contribution >= 0.6 is 11.3 Å². The molecular weight excluding hydrogens is 368 g/mol. The number of anilines is 1. The number of aromatic nitrogens is 3. The van der Waals surface area contributed by atoms with E-state index in [-0.39, 0.29) is 5.91 Å². The molecule has 2 aromatic heterocycles. The van der Waals surface area contributed by atoms with E-state index < -0.39 is 0 Å². The summed E-state index contributed by atoms with van der Waals surface area (Å²) in [5, 5.41) is 8.62. The first-order chi connectivity index (χ1) is 13.4. The lowest BCUT2D eigenvalue weighted by molar-refractivity contribution is 0.102. The van der Waals surface area contributed by atoms with Crippen molar-refractivity contribution < 1.29 is 4.79 Å². The number of hydrogen-bond acceptors (Lipinski definition) is 4. The molecule has 1 N–H and O–H groups in total. The Morgan fingerprint density at radius 1 is 1.07 bits per heavy atom. The summed E-state index contributed by atoms with van der Waals surface area (Å²) in [5.74, 6) is -0.134. The van der Waals surface area contributed by atoms with Crippen LogP contribution in [0.4, 0.5) is 5.69 Å². The third kappa shape index (κ3) is 3.55. The molecule has 0 saturated carbocycles. The minimum absolute atomic E-state index is 0.134. The van der Waals surface area contributed by atoms with Crippen molar-refractivity contribution >= 4 is 33.1 Å². The molecular formula is C22H22N4OS. The van der Waals surface area contributed by atoms with Gasteiger partial charge in [0.05, 0.1) is 33.0 Å². The van der Waals surface area contributed by atoms with Gasteiger partial charge in [-0.1, -0.05) is 29.8 Å². The molecule has 0 radical (unpaired) electrons. The molecule has 0 bridgehead atoms. The second-order valence-electron chi connectivity index (χ2n) is 7.06. The molecule has 2 aromatic carbocycles. The van der Waals surface area contributed by atoms with E-state index in [9.17, 15) is 4.79 Å². The van der Waals surface area contributed by atoms with Crippen LogP contribution in [0, 0.1) is 27.7 Å². The molecule has 6 heteroatoms. The summed E-state index contributed by atoms with van der Waals surface area (Å²) in [4.78, 5) is 17.4. The molecule has 0 aliphatic carbocycles. The number of benzene rings is 2. The number of carbonyl (C=O) groups is 1. The maximum absolute atomic E-state index is 12.9. The maximum Gasteiger partial charge on any atom is 0.259 e. The molecule has 0 atom stereocenters. The van der Waals surface area contributed by atoms with Crippen LogP contribution in [0.2, 0.25) is 0 Å². The van der Waals surface area contributed by atoms with Crippen molar-refractivity contribution in [3.8, 4) is 0 Å². The number of amides is 1. The van der Waals surface area contributed by atoms with E-state index in [1.165, 1.54) is 5.56 Å². The van der Waals surface area contributed by atoms with Crippen molar-refractivity contribution in [3.63, 3.8) is 0 Å². The first kappa shape index (κ1) is 18.4. The molecule has 0 unspecified atom stereocenters. The average Bonchev–Trinajstić information content (AvgIpc) is 3.15. The Labute approximate surface area is 168 Å². The Balaban J connectivity index is 1.58. The van der Waals surface area contributed by atoms with Gasteiger partial charge in [-0.25, -0.2) is 4.98 Å². The zero-order chi connectivity index (χ0) is 19.8. The third-order valence-electron chi connectivity index (χ3n) is 4.81. The largest absolute Gasteiger partial charge is 0.322 e. The van der Waals surface area contributed by atoms with E-state index in [1.54, 1.807) is 11.3 Å². The Morgan fingerprint density at radius 2 is 1.82 bits per heavy atom. The monoisotopic (exact) mass is 390 g/mol. The highest BCUT2D eigenvalue weighted by atomic mass is 32.1. The summed E-state index contributed by atoms with van der Waals surface area (Å²) >= 11 is 1.62. The lowest BCUT2D eigenvalue weighted by Gasteiger charge is -2.07. The standard InChI is InChI=1S/C22H22N4OS/c1-13-5-7-17(8-6-13)12-26-15(3)21(14(2)25-26)22(27)24-18-9-10-19-20(11-18)28-16(4)23-19/h5-11H,12H2,1-4H3,(H,24,27). The van der Waals surface area contributed by atoms with Crippen molar-refractivity contribution in [2.24, 2.45) is 0 Å². The molecule has 142 valence electrons. The van der Waals surface area contributed by atoms with E-state index in [2.05, 4.69) is 46.6 Å². The number of hydrogen-bond donors (Lipinski definition) is 1. The van der Waals surface area contributed by atoms with Gasteiger partial charge in [0.1, 0.15) is 0 Å². The molecule has 0 aliphatic heterocycles. The molecule has 1 amide bonds. The zero-order valence-corrected chi connectivity index (χ0v) is 17.2. The molecule has 28 heavy (non-hydrogen) atoms. The second-order valence-corrected chi connectivity index (χ2v) is 8.29. The summed E-state index contributed by atoms with van der Waals surface area (Å²) in [6.45, 7) is 8.52. The van der Waals surface area contributed by atoms with Gasteiger partial charge in [0.15, 0.2) is 0 Å². The van der Waals surface area contributed by atoms with E-state index in [4.69, 9.17) is 0 Å². The topological polar surface area (TPSA) is 59.8 Å². The third-order valence-corrected chi connectivity index (χ3v) is 5.75. The predicted octanol–water partition coefficient (Wildman–Crippen LogP) is 5.03. The SMILES string of the molecule is Cc1ccc(Cn2nc(C)c(C(=O)Nc3ccc4nc(C)sc4c3)c2C)cc1. The maximum atomic E-state index is 12.9. The van der Waals surface area contributed by atoms with Crippen LogP contribution in [-0.2, 0) is 6.54 Å². The van der Waals surface area contributed by atoms with E-state index >= 15 is 0 Å². The zero-order valence-electron chi connectivity index (χ0n) is 16.4. The normalized spacial score (nSPS) is 11.1. The molecule has 4 aromatic rings. The molecule has 0 saturated heterocycles. The number of aryl methyl sites for hydroxylation is 3. The highest BCUT2D eigenvalue weighted by molar-refractivity contribution is 7.18. The predicted molar refractivity (Wildman–Crippen MR) is 114 cm³/mol. The van der Waals surface area contributed by atoms with Crippen molar-refractivity contribution in [1.82, 2.24) is 14.8 Å². The number of nitrogens with one attached hydrogen (secondary N) is 1. The summed E-state index contributed by atoms with van der Waals surface area (Å²) in [7, 11) is 0. The first-order valence-electron chi connectivity index (χ1n) is 9.19. The van der Waals surface area contributed by atoms with Crippen molar-refractivity contribution in [1.29, 1.82) is 0 Å². The molecule has 4 rings (SSSR count).